The number of halogens is 1. The normalized spacial score (nSPS) is 13.4. The van der Waals surface area contributed by atoms with Crippen molar-refractivity contribution in [3.63, 3.8) is 0 Å². The Morgan fingerprint density at radius 3 is 2.62 bits per heavy atom. The number of rotatable bonds is 7. The molecule has 1 saturated carbocycles. The number of anilines is 1. The number of hydrogen-bond acceptors (Lipinski definition) is 4. The number of hydrogen-bond donors (Lipinski definition) is 2. The van der Waals surface area contributed by atoms with Crippen LogP contribution in [-0.4, -0.2) is 24.0 Å². The Morgan fingerprint density at radius 1 is 1.25 bits per heavy atom. The third-order valence-corrected chi connectivity index (χ3v) is 5.11. The van der Waals surface area contributed by atoms with Crippen LogP contribution >= 0.6 is 23.7 Å². The van der Waals surface area contributed by atoms with Crippen LogP contribution in [-0.2, 0) is 11.2 Å². The molecule has 0 atom stereocenters. The van der Waals surface area contributed by atoms with Crippen LogP contribution in [0.25, 0.3) is 0 Å². The maximum Gasteiger partial charge on any atom is 0.240 e. The highest BCUT2D eigenvalue weighted by Gasteiger charge is 2.20. The Labute approximate surface area is 153 Å². The van der Waals surface area contributed by atoms with E-state index < -0.39 is 0 Å². The van der Waals surface area contributed by atoms with Gasteiger partial charge in [-0.3, -0.25) is 4.79 Å². The van der Waals surface area contributed by atoms with E-state index in [2.05, 4.69) is 46.8 Å². The van der Waals surface area contributed by atoms with Crippen LogP contribution in [0.15, 0.2) is 24.3 Å². The van der Waals surface area contributed by atoms with E-state index in [4.69, 9.17) is 0 Å². The second-order valence-electron chi connectivity index (χ2n) is 6.31. The first kappa shape index (κ1) is 18.9. The fourth-order valence-corrected chi connectivity index (χ4v) is 3.43. The van der Waals surface area contributed by atoms with Crippen molar-refractivity contribution in [2.45, 2.75) is 33.1 Å². The van der Waals surface area contributed by atoms with Crippen LogP contribution in [0.3, 0.4) is 0 Å². The zero-order chi connectivity index (χ0) is 16.2. The molecule has 1 heterocycles. The average Bonchev–Trinajstić information content (AvgIpc) is 3.27. The van der Waals surface area contributed by atoms with Crippen LogP contribution < -0.4 is 10.6 Å². The van der Waals surface area contributed by atoms with Crippen molar-refractivity contribution in [1.82, 2.24) is 10.3 Å². The highest BCUT2D eigenvalue weighted by molar-refractivity contribution is 7.15. The zero-order valence-corrected chi connectivity index (χ0v) is 15.7. The summed E-state index contributed by atoms with van der Waals surface area (Å²) in [6.07, 6.45) is 3.45. The Bertz CT molecular complexity index is 680. The van der Waals surface area contributed by atoms with Crippen molar-refractivity contribution in [3.05, 3.63) is 46.0 Å². The van der Waals surface area contributed by atoms with Gasteiger partial charge in [-0.25, -0.2) is 4.98 Å². The molecule has 1 fully saturated rings. The van der Waals surface area contributed by atoms with Gasteiger partial charge in [-0.15, -0.1) is 23.7 Å². The Morgan fingerprint density at radius 2 is 1.96 bits per heavy atom. The summed E-state index contributed by atoms with van der Waals surface area (Å²) in [5.74, 6) is 0.771. The van der Waals surface area contributed by atoms with Gasteiger partial charge < -0.3 is 10.6 Å². The first-order valence-electron chi connectivity index (χ1n) is 8.12. The van der Waals surface area contributed by atoms with Gasteiger partial charge in [0.1, 0.15) is 0 Å². The summed E-state index contributed by atoms with van der Waals surface area (Å²) in [5, 5.41) is 6.79. The van der Waals surface area contributed by atoms with Gasteiger partial charge in [0.25, 0.3) is 0 Å². The molecule has 1 aliphatic carbocycles. The van der Waals surface area contributed by atoms with E-state index in [0.717, 1.165) is 24.6 Å². The number of nitrogens with zero attached hydrogens (tertiary/aromatic N) is 1. The van der Waals surface area contributed by atoms with Crippen molar-refractivity contribution >= 4 is 34.8 Å². The third kappa shape index (κ3) is 5.58. The molecule has 0 spiro atoms. The molecule has 0 bridgehead atoms. The maximum absolute atomic E-state index is 11.9. The van der Waals surface area contributed by atoms with Crippen molar-refractivity contribution in [1.29, 1.82) is 0 Å². The molecule has 24 heavy (non-hydrogen) atoms. The van der Waals surface area contributed by atoms with Crippen LogP contribution in [0.1, 0.15) is 34.5 Å². The number of aryl methyl sites for hydroxylation is 2. The standard InChI is InChI=1S/C18H23N3OS.ClH/c1-12-3-5-14(6-4-12)9-16-13(2)20-18(23-16)21-17(22)11-19-10-15-7-8-15;/h3-6,15,19H,7-11H2,1-2H3,(H,20,21,22);1H. The number of carbonyl (C=O) groups excluding carboxylic acids is 1. The fourth-order valence-electron chi connectivity index (χ4n) is 2.41. The van der Waals surface area contributed by atoms with Gasteiger partial charge in [0.05, 0.1) is 12.2 Å². The highest BCUT2D eigenvalue weighted by atomic mass is 35.5. The van der Waals surface area contributed by atoms with E-state index in [1.165, 1.54) is 28.8 Å². The minimum absolute atomic E-state index is 0. The summed E-state index contributed by atoms with van der Waals surface area (Å²) < 4.78 is 0. The molecule has 0 unspecified atom stereocenters. The molecule has 2 N–H and O–H groups in total. The molecule has 130 valence electrons. The second-order valence-corrected chi connectivity index (χ2v) is 7.40. The molecule has 1 amide bonds. The number of aromatic nitrogens is 1. The molecule has 0 radical (unpaired) electrons. The SMILES string of the molecule is Cc1ccc(Cc2sc(NC(=O)CNCC3CC3)nc2C)cc1.Cl. The van der Waals surface area contributed by atoms with Crippen molar-refractivity contribution in [2.75, 3.05) is 18.4 Å². The molecule has 0 saturated heterocycles. The van der Waals surface area contributed by atoms with Gasteiger partial charge in [-0.2, -0.15) is 0 Å². The van der Waals surface area contributed by atoms with Crippen LogP contribution in [0.4, 0.5) is 5.13 Å². The van der Waals surface area contributed by atoms with Crippen LogP contribution in [0, 0.1) is 19.8 Å². The topological polar surface area (TPSA) is 54.0 Å². The first-order chi connectivity index (χ1) is 11.1. The van der Waals surface area contributed by atoms with Crippen molar-refractivity contribution in [2.24, 2.45) is 5.92 Å². The van der Waals surface area contributed by atoms with Crippen molar-refractivity contribution < 1.29 is 4.79 Å². The number of thiazole rings is 1. The molecule has 1 aromatic heterocycles. The van der Waals surface area contributed by atoms with Gasteiger partial charge in [0.15, 0.2) is 5.13 Å². The molecule has 2 aromatic rings. The Balaban J connectivity index is 0.00000208. The van der Waals surface area contributed by atoms with Gasteiger partial charge in [0.2, 0.25) is 5.91 Å². The summed E-state index contributed by atoms with van der Waals surface area (Å²) in [4.78, 5) is 17.6. The smallest absolute Gasteiger partial charge is 0.240 e. The lowest BCUT2D eigenvalue weighted by Crippen LogP contribution is -2.29. The summed E-state index contributed by atoms with van der Waals surface area (Å²) >= 11 is 1.57. The number of benzene rings is 1. The lowest BCUT2D eigenvalue weighted by molar-refractivity contribution is -0.115. The van der Waals surface area contributed by atoms with E-state index in [0.29, 0.717) is 11.7 Å². The number of carbonyl (C=O) groups is 1. The van der Waals surface area contributed by atoms with E-state index in [1.807, 2.05) is 6.92 Å². The summed E-state index contributed by atoms with van der Waals surface area (Å²) in [5.41, 5.74) is 3.53. The molecule has 6 heteroatoms. The number of amides is 1. The predicted molar refractivity (Wildman–Crippen MR) is 102 cm³/mol. The quantitative estimate of drug-likeness (QED) is 0.786. The average molecular weight is 366 g/mol. The fraction of sp³-hybridized carbons (Fsp3) is 0.444. The van der Waals surface area contributed by atoms with Crippen LogP contribution in [0.5, 0.6) is 0 Å². The molecule has 1 aromatic carbocycles. The minimum atomic E-state index is -0.0127. The monoisotopic (exact) mass is 365 g/mol. The lowest BCUT2D eigenvalue weighted by Gasteiger charge is -2.03. The predicted octanol–water partition coefficient (Wildman–Crippen LogP) is 3.71. The lowest BCUT2D eigenvalue weighted by atomic mass is 10.1. The van der Waals surface area contributed by atoms with E-state index in [1.54, 1.807) is 11.3 Å². The molecule has 4 nitrogen and oxygen atoms in total. The molecular formula is C18H24ClN3OS. The minimum Gasteiger partial charge on any atom is -0.308 e. The van der Waals surface area contributed by atoms with Crippen LogP contribution in [0.2, 0.25) is 0 Å². The highest BCUT2D eigenvalue weighted by Crippen LogP contribution is 2.27. The van der Waals surface area contributed by atoms with Gasteiger partial charge in [0, 0.05) is 11.3 Å². The van der Waals surface area contributed by atoms with E-state index in [-0.39, 0.29) is 18.3 Å². The van der Waals surface area contributed by atoms with E-state index in [9.17, 15) is 4.79 Å². The first-order valence-corrected chi connectivity index (χ1v) is 8.94. The second kappa shape index (κ2) is 8.60. The molecule has 0 aliphatic heterocycles. The third-order valence-electron chi connectivity index (χ3n) is 4.04. The molecular weight excluding hydrogens is 342 g/mol. The molecule has 1 aliphatic rings. The zero-order valence-electron chi connectivity index (χ0n) is 14.1. The number of nitrogens with one attached hydrogen (secondary N) is 2. The van der Waals surface area contributed by atoms with Gasteiger partial charge in [-0.1, -0.05) is 29.8 Å². The van der Waals surface area contributed by atoms with Gasteiger partial charge in [-0.05, 0) is 44.7 Å². The molecule has 3 rings (SSSR count). The van der Waals surface area contributed by atoms with Gasteiger partial charge >= 0.3 is 0 Å². The summed E-state index contributed by atoms with van der Waals surface area (Å²) in [6, 6.07) is 8.54. The maximum atomic E-state index is 11.9. The Kier molecular flexibility index (Phi) is 6.78. The van der Waals surface area contributed by atoms with E-state index >= 15 is 0 Å². The summed E-state index contributed by atoms with van der Waals surface area (Å²) in [7, 11) is 0. The Hall–Kier alpha value is -1.43. The summed E-state index contributed by atoms with van der Waals surface area (Å²) in [6.45, 7) is 5.40. The van der Waals surface area contributed by atoms with Crippen molar-refractivity contribution in [3.8, 4) is 0 Å². The largest absolute Gasteiger partial charge is 0.308 e.